The summed E-state index contributed by atoms with van der Waals surface area (Å²) < 4.78 is 5.48. The van der Waals surface area contributed by atoms with Crippen molar-refractivity contribution in [1.82, 2.24) is 5.32 Å². The van der Waals surface area contributed by atoms with Gasteiger partial charge in [-0.3, -0.25) is 9.59 Å². The zero-order chi connectivity index (χ0) is 48.6. The summed E-state index contributed by atoms with van der Waals surface area (Å²) in [4.78, 5) is 24.6. The van der Waals surface area contributed by atoms with Crippen molar-refractivity contribution >= 4 is 11.9 Å². The lowest BCUT2D eigenvalue weighted by Gasteiger charge is -2.22. The second-order valence-corrected chi connectivity index (χ2v) is 21.4. The van der Waals surface area contributed by atoms with Gasteiger partial charge in [0.2, 0.25) is 5.91 Å². The Balaban J connectivity index is 3.41. The third-order valence-corrected chi connectivity index (χ3v) is 14.7. The van der Waals surface area contributed by atoms with E-state index in [1.165, 1.54) is 276 Å². The summed E-state index contributed by atoms with van der Waals surface area (Å²) in [6.45, 7) is 4.97. The first-order chi connectivity index (χ1) is 33.0. The molecule has 0 saturated carbocycles. The molecule has 0 heterocycles. The molecule has 0 rings (SSSR count). The minimum absolute atomic E-state index is 0.00439. The largest absolute Gasteiger partial charge is 0.466 e. The zero-order valence-electron chi connectivity index (χ0n) is 45.7. The highest BCUT2D eigenvalue weighted by Crippen LogP contribution is 2.18. The summed E-state index contributed by atoms with van der Waals surface area (Å²) in [6.07, 6.45) is 66.7. The summed E-state index contributed by atoms with van der Waals surface area (Å²) in [5, 5.41) is 23.4. The number of hydrogen-bond donors (Lipinski definition) is 3. The van der Waals surface area contributed by atoms with Gasteiger partial charge in [-0.2, -0.15) is 0 Å². The van der Waals surface area contributed by atoms with Crippen LogP contribution in [0.15, 0.2) is 0 Å². The van der Waals surface area contributed by atoms with Gasteiger partial charge >= 0.3 is 5.97 Å². The first-order valence-electron chi connectivity index (χ1n) is 30.8. The fourth-order valence-corrected chi connectivity index (χ4v) is 9.94. The Labute approximate surface area is 419 Å². The van der Waals surface area contributed by atoms with Gasteiger partial charge in [-0.25, -0.2) is 0 Å². The average Bonchev–Trinajstić information content (AvgIpc) is 3.33. The van der Waals surface area contributed by atoms with Gasteiger partial charge in [0.05, 0.1) is 25.4 Å². The van der Waals surface area contributed by atoms with Gasteiger partial charge in [0.15, 0.2) is 0 Å². The minimum atomic E-state index is -0.669. The van der Waals surface area contributed by atoms with Gasteiger partial charge < -0.3 is 20.3 Å². The molecule has 3 N–H and O–H groups in total. The summed E-state index contributed by atoms with van der Waals surface area (Å²) in [5.41, 5.74) is 0. The van der Waals surface area contributed by atoms with Crippen LogP contribution in [-0.2, 0) is 14.3 Å². The first kappa shape index (κ1) is 65.9. The molecule has 0 saturated heterocycles. The second-order valence-electron chi connectivity index (χ2n) is 21.4. The maximum absolute atomic E-state index is 12.5. The fourth-order valence-electron chi connectivity index (χ4n) is 9.94. The van der Waals surface area contributed by atoms with Crippen LogP contribution in [0.4, 0.5) is 0 Å². The number of aliphatic hydroxyl groups is 2. The summed E-state index contributed by atoms with van der Waals surface area (Å²) in [7, 11) is 0. The molecule has 6 heteroatoms. The van der Waals surface area contributed by atoms with Gasteiger partial charge in [-0.05, 0) is 25.7 Å². The Hall–Kier alpha value is -1.14. The lowest BCUT2D eigenvalue weighted by molar-refractivity contribution is -0.143. The smallest absolute Gasteiger partial charge is 0.305 e. The topological polar surface area (TPSA) is 95.9 Å². The van der Waals surface area contributed by atoms with E-state index in [0.29, 0.717) is 25.9 Å². The highest BCUT2D eigenvalue weighted by molar-refractivity contribution is 5.76. The molecular weight excluding hydrogens is 827 g/mol. The molecule has 0 aromatic heterocycles. The lowest BCUT2D eigenvalue weighted by atomic mass is 10.0. The van der Waals surface area contributed by atoms with Crippen molar-refractivity contribution in [2.24, 2.45) is 0 Å². The molecule has 400 valence electrons. The van der Waals surface area contributed by atoms with Crippen LogP contribution in [0, 0.1) is 0 Å². The summed E-state index contributed by atoms with van der Waals surface area (Å²) >= 11 is 0. The van der Waals surface area contributed by atoms with E-state index in [1.807, 2.05) is 0 Å². The number of carbonyl (C=O) groups excluding carboxylic acids is 2. The number of amides is 1. The number of esters is 1. The Morgan fingerprint density at radius 1 is 0.358 bits per heavy atom. The maximum Gasteiger partial charge on any atom is 0.305 e. The molecule has 0 bridgehead atoms. The Morgan fingerprint density at radius 2 is 0.612 bits per heavy atom. The molecule has 0 radical (unpaired) electrons. The molecule has 0 fully saturated rings. The molecule has 1 amide bonds. The van der Waals surface area contributed by atoms with Crippen LogP contribution in [0.5, 0.6) is 0 Å². The predicted molar refractivity (Wildman–Crippen MR) is 292 cm³/mol. The second kappa shape index (κ2) is 57.4. The standard InChI is InChI=1S/C61H121NO5/c1-3-5-7-9-11-13-15-17-19-20-21-22-23-24-26-29-33-37-41-45-49-53-59(64)58(57-63)62-60(65)54-50-46-42-38-34-30-27-25-28-32-36-40-44-48-52-56-67-61(66)55-51-47-43-39-35-31-18-16-14-12-10-8-6-4-2/h58-59,63-64H,3-57H2,1-2H3,(H,62,65). The summed E-state index contributed by atoms with van der Waals surface area (Å²) in [5.74, 6) is -0.0344. The molecule has 0 spiro atoms. The van der Waals surface area contributed by atoms with Crippen LogP contribution in [-0.4, -0.2) is 47.4 Å². The van der Waals surface area contributed by atoms with Crippen molar-refractivity contribution in [3.05, 3.63) is 0 Å². The third-order valence-electron chi connectivity index (χ3n) is 14.7. The third kappa shape index (κ3) is 54.0. The highest BCUT2D eigenvalue weighted by Gasteiger charge is 2.20. The van der Waals surface area contributed by atoms with Crippen molar-refractivity contribution in [2.75, 3.05) is 13.2 Å². The molecule has 0 aromatic rings. The molecule has 0 aliphatic heterocycles. The van der Waals surface area contributed by atoms with Crippen molar-refractivity contribution < 1.29 is 24.5 Å². The van der Waals surface area contributed by atoms with Gasteiger partial charge in [-0.1, -0.05) is 316 Å². The van der Waals surface area contributed by atoms with Crippen LogP contribution in [0.3, 0.4) is 0 Å². The van der Waals surface area contributed by atoms with E-state index in [2.05, 4.69) is 19.2 Å². The Morgan fingerprint density at radius 3 is 0.910 bits per heavy atom. The molecular formula is C61H121NO5. The molecule has 6 nitrogen and oxygen atoms in total. The highest BCUT2D eigenvalue weighted by atomic mass is 16.5. The molecule has 2 unspecified atom stereocenters. The predicted octanol–water partition coefficient (Wildman–Crippen LogP) is 19.1. The minimum Gasteiger partial charge on any atom is -0.466 e. The van der Waals surface area contributed by atoms with E-state index in [4.69, 9.17) is 4.74 Å². The zero-order valence-corrected chi connectivity index (χ0v) is 45.7. The molecule has 2 atom stereocenters. The van der Waals surface area contributed by atoms with E-state index in [-0.39, 0.29) is 18.5 Å². The Bertz CT molecular complexity index is 959. The van der Waals surface area contributed by atoms with Gasteiger partial charge in [0.25, 0.3) is 0 Å². The molecule has 67 heavy (non-hydrogen) atoms. The lowest BCUT2D eigenvalue weighted by Crippen LogP contribution is -2.45. The fraction of sp³-hybridized carbons (Fsp3) is 0.967. The normalized spacial score (nSPS) is 12.5. The first-order valence-corrected chi connectivity index (χ1v) is 30.8. The number of carbonyl (C=O) groups is 2. The number of ether oxygens (including phenoxy) is 1. The molecule has 0 aromatic carbocycles. The van der Waals surface area contributed by atoms with Crippen molar-refractivity contribution in [2.45, 2.75) is 366 Å². The summed E-state index contributed by atoms with van der Waals surface area (Å²) in [6, 6.07) is -0.547. The monoisotopic (exact) mass is 948 g/mol. The SMILES string of the molecule is CCCCCCCCCCCCCCCCCCCCCCCC(O)C(CO)NC(=O)CCCCCCCCCCCCCCCCCOC(=O)CCCCCCCCCCCCCCCC. The molecule has 0 aliphatic rings. The number of unbranched alkanes of at least 4 members (excludes halogenated alkanes) is 47. The van der Waals surface area contributed by atoms with Crippen LogP contribution in [0.1, 0.15) is 354 Å². The quantitative estimate of drug-likeness (QED) is 0.0417. The number of rotatable bonds is 58. The van der Waals surface area contributed by atoms with Crippen LogP contribution >= 0.6 is 0 Å². The van der Waals surface area contributed by atoms with Crippen LogP contribution < -0.4 is 5.32 Å². The Kier molecular flexibility index (Phi) is 56.5. The van der Waals surface area contributed by atoms with Crippen molar-refractivity contribution in [3.8, 4) is 0 Å². The van der Waals surface area contributed by atoms with Crippen molar-refractivity contribution in [1.29, 1.82) is 0 Å². The number of aliphatic hydroxyl groups excluding tert-OH is 2. The van der Waals surface area contributed by atoms with Crippen LogP contribution in [0.2, 0.25) is 0 Å². The van der Waals surface area contributed by atoms with Crippen LogP contribution in [0.25, 0.3) is 0 Å². The van der Waals surface area contributed by atoms with Gasteiger partial charge in [0.1, 0.15) is 0 Å². The van der Waals surface area contributed by atoms with Gasteiger partial charge in [-0.15, -0.1) is 0 Å². The number of nitrogens with one attached hydrogen (secondary N) is 1. The van der Waals surface area contributed by atoms with E-state index in [1.54, 1.807) is 0 Å². The maximum atomic E-state index is 12.5. The van der Waals surface area contributed by atoms with E-state index >= 15 is 0 Å². The van der Waals surface area contributed by atoms with Crippen molar-refractivity contribution in [3.63, 3.8) is 0 Å². The van der Waals surface area contributed by atoms with E-state index in [0.717, 1.165) is 44.9 Å². The van der Waals surface area contributed by atoms with E-state index < -0.39 is 12.1 Å². The number of hydrogen-bond acceptors (Lipinski definition) is 5. The average molecular weight is 949 g/mol. The molecule has 0 aliphatic carbocycles. The van der Waals surface area contributed by atoms with E-state index in [9.17, 15) is 19.8 Å². The van der Waals surface area contributed by atoms with Gasteiger partial charge in [0, 0.05) is 12.8 Å².